The van der Waals surface area contributed by atoms with E-state index in [1.54, 1.807) is 0 Å². The van der Waals surface area contributed by atoms with Crippen LogP contribution in [0, 0.1) is 13.8 Å². The van der Waals surface area contributed by atoms with Crippen LogP contribution in [-0.2, 0) is 6.54 Å². The van der Waals surface area contributed by atoms with E-state index in [1.165, 1.54) is 41.2 Å². The second-order valence-corrected chi connectivity index (χ2v) is 6.43. The van der Waals surface area contributed by atoms with Gasteiger partial charge in [-0.3, -0.25) is 0 Å². The van der Waals surface area contributed by atoms with Gasteiger partial charge >= 0.3 is 0 Å². The average molecular weight is 302 g/mol. The minimum Gasteiger partial charge on any atom is -0.318 e. The standard InChI is InChI=1S/C18H26N2S/c1-15-13-17(14-19-11-7-8-12-21-3)16(2)20(15)18-9-5-4-6-10-18/h4-6,9-10,13,19H,7-8,11-12,14H2,1-3H3. The van der Waals surface area contributed by atoms with E-state index in [1.807, 2.05) is 11.8 Å². The molecule has 0 fully saturated rings. The quantitative estimate of drug-likeness (QED) is 0.731. The number of nitrogens with one attached hydrogen (secondary N) is 1. The first-order valence-electron chi connectivity index (χ1n) is 7.67. The molecule has 114 valence electrons. The number of unbranched alkanes of at least 4 members (excludes halogenated alkanes) is 1. The molecule has 0 unspecified atom stereocenters. The molecule has 0 amide bonds. The maximum absolute atomic E-state index is 3.57. The van der Waals surface area contributed by atoms with E-state index < -0.39 is 0 Å². The van der Waals surface area contributed by atoms with Gasteiger partial charge < -0.3 is 9.88 Å². The Kier molecular flexibility index (Phi) is 6.40. The summed E-state index contributed by atoms with van der Waals surface area (Å²) < 4.78 is 2.34. The first kappa shape index (κ1) is 16.2. The first-order chi connectivity index (χ1) is 10.2. The van der Waals surface area contributed by atoms with Crippen LogP contribution in [0.15, 0.2) is 36.4 Å². The maximum atomic E-state index is 3.57. The molecule has 0 spiro atoms. The number of aryl methyl sites for hydroxylation is 1. The summed E-state index contributed by atoms with van der Waals surface area (Å²) in [6.07, 6.45) is 4.74. The smallest absolute Gasteiger partial charge is 0.0455 e. The van der Waals surface area contributed by atoms with Crippen molar-refractivity contribution in [2.75, 3.05) is 18.6 Å². The Balaban J connectivity index is 1.96. The summed E-state index contributed by atoms with van der Waals surface area (Å²) in [4.78, 5) is 0. The van der Waals surface area contributed by atoms with Crippen LogP contribution in [0.25, 0.3) is 5.69 Å². The van der Waals surface area contributed by atoms with E-state index >= 15 is 0 Å². The summed E-state index contributed by atoms with van der Waals surface area (Å²) >= 11 is 1.93. The molecular weight excluding hydrogens is 276 g/mol. The van der Waals surface area contributed by atoms with Crippen LogP contribution in [0.4, 0.5) is 0 Å². The predicted molar refractivity (Wildman–Crippen MR) is 94.6 cm³/mol. The monoisotopic (exact) mass is 302 g/mol. The maximum Gasteiger partial charge on any atom is 0.0455 e. The van der Waals surface area contributed by atoms with Gasteiger partial charge in [-0.1, -0.05) is 18.2 Å². The van der Waals surface area contributed by atoms with Gasteiger partial charge in [0, 0.05) is 23.6 Å². The fraction of sp³-hybridized carbons (Fsp3) is 0.444. The van der Waals surface area contributed by atoms with Crippen LogP contribution in [0.2, 0.25) is 0 Å². The molecule has 0 aliphatic carbocycles. The highest BCUT2D eigenvalue weighted by atomic mass is 32.2. The zero-order chi connectivity index (χ0) is 15.1. The average Bonchev–Trinajstić information content (AvgIpc) is 2.78. The minimum absolute atomic E-state index is 0.964. The minimum atomic E-state index is 0.964. The second-order valence-electron chi connectivity index (χ2n) is 5.44. The lowest BCUT2D eigenvalue weighted by molar-refractivity contribution is 0.642. The number of benzene rings is 1. The molecule has 1 heterocycles. The molecule has 3 heteroatoms. The predicted octanol–water partition coefficient (Wildman–Crippen LogP) is 4.33. The van der Waals surface area contributed by atoms with Crippen molar-refractivity contribution < 1.29 is 0 Å². The molecule has 0 aliphatic heterocycles. The zero-order valence-corrected chi connectivity index (χ0v) is 14.2. The Morgan fingerprint density at radius 2 is 1.86 bits per heavy atom. The van der Waals surface area contributed by atoms with E-state index in [0.29, 0.717) is 0 Å². The van der Waals surface area contributed by atoms with E-state index in [0.717, 1.165) is 13.1 Å². The Bertz CT molecular complexity index is 546. The topological polar surface area (TPSA) is 17.0 Å². The van der Waals surface area contributed by atoms with E-state index in [9.17, 15) is 0 Å². The Hall–Kier alpha value is -1.19. The molecule has 2 aromatic rings. The van der Waals surface area contributed by atoms with Crippen molar-refractivity contribution in [3.63, 3.8) is 0 Å². The fourth-order valence-corrected chi connectivity index (χ4v) is 3.19. The van der Waals surface area contributed by atoms with E-state index in [4.69, 9.17) is 0 Å². The van der Waals surface area contributed by atoms with Crippen molar-refractivity contribution in [2.24, 2.45) is 0 Å². The Morgan fingerprint density at radius 1 is 1.10 bits per heavy atom. The Morgan fingerprint density at radius 3 is 2.57 bits per heavy atom. The van der Waals surface area contributed by atoms with Gasteiger partial charge in [0.05, 0.1) is 0 Å². The van der Waals surface area contributed by atoms with E-state index in [2.05, 4.69) is 66.4 Å². The largest absolute Gasteiger partial charge is 0.318 e. The third-order valence-corrected chi connectivity index (χ3v) is 4.51. The summed E-state index contributed by atoms with van der Waals surface area (Å²) in [6, 6.07) is 12.9. The molecule has 21 heavy (non-hydrogen) atoms. The number of rotatable bonds is 8. The third-order valence-electron chi connectivity index (χ3n) is 3.82. The number of para-hydroxylation sites is 1. The lowest BCUT2D eigenvalue weighted by Crippen LogP contribution is -2.15. The van der Waals surface area contributed by atoms with Crippen LogP contribution >= 0.6 is 11.8 Å². The highest BCUT2D eigenvalue weighted by Crippen LogP contribution is 2.20. The summed E-state index contributed by atoms with van der Waals surface area (Å²) in [7, 11) is 0. The van der Waals surface area contributed by atoms with Gasteiger partial charge in [-0.15, -0.1) is 0 Å². The van der Waals surface area contributed by atoms with Crippen LogP contribution in [-0.4, -0.2) is 23.1 Å². The number of aromatic nitrogens is 1. The first-order valence-corrected chi connectivity index (χ1v) is 9.06. The summed E-state index contributed by atoms with van der Waals surface area (Å²) in [5, 5.41) is 3.57. The SMILES string of the molecule is CSCCCCNCc1cc(C)n(-c2ccccc2)c1C. The van der Waals surface area contributed by atoms with Crippen molar-refractivity contribution in [1.82, 2.24) is 9.88 Å². The van der Waals surface area contributed by atoms with Crippen molar-refractivity contribution in [1.29, 1.82) is 0 Å². The van der Waals surface area contributed by atoms with Crippen molar-refractivity contribution in [3.05, 3.63) is 53.3 Å². The van der Waals surface area contributed by atoms with Crippen LogP contribution in [0.3, 0.4) is 0 Å². The van der Waals surface area contributed by atoms with Gasteiger partial charge in [0.25, 0.3) is 0 Å². The molecular formula is C18H26N2S. The van der Waals surface area contributed by atoms with Gasteiger partial charge in [-0.05, 0) is 69.0 Å². The van der Waals surface area contributed by atoms with Gasteiger partial charge in [-0.2, -0.15) is 11.8 Å². The number of hydrogen-bond acceptors (Lipinski definition) is 2. The third kappa shape index (κ3) is 4.39. The van der Waals surface area contributed by atoms with Gasteiger partial charge in [0.2, 0.25) is 0 Å². The number of thioether (sulfide) groups is 1. The van der Waals surface area contributed by atoms with Gasteiger partial charge in [-0.25, -0.2) is 0 Å². The molecule has 2 nitrogen and oxygen atoms in total. The van der Waals surface area contributed by atoms with Crippen LogP contribution in [0.5, 0.6) is 0 Å². The molecule has 0 saturated heterocycles. The molecule has 1 aromatic heterocycles. The highest BCUT2D eigenvalue weighted by Gasteiger charge is 2.09. The zero-order valence-electron chi connectivity index (χ0n) is 13.4. The lowest BCUT2D eigenvalue weighted by Gasteiger charge is -2.10. The molecule has 1 aromatic carbocycles. The molecule has 0 atom stereocenters. The summed E-state index contributed by atoms with van der Waals surface area (Å²) in [6.45, 7) is 6.47. The van der Waals surface area contributed by atoms with Gasteiger partial charge in [0.1, 0.15) is 0 Å². The highest BCUT2D eigenvalue weighted by molar-refractivity contribution is 7.98. The molecule has 0 saturated carbocycles. The molecule has 0 bridgehead atoms. The summed E-state index contributed by atoms with van der Waals surface area (Å²) in [5.74, 6) is 1.27. The van der Waals surface area contributed by atoms with Crippen LogP contribution < -0.4 is 5.32 Å². The molecule has 0 aliphatic rings. The van der Waals surface area contributed by atoms with Crippen LogP contribution in [0.1, 0.15) is 29.8 Å². The molecule has 2 rings (SSSR count). The lowest BCUT2D eigenvalue weighted by atomic mass is 10.2. The molecule has 1 N–H and O–H groups in total. The summed E-state index contributed by atoms with van der Waals surface area (Å²) in [5.41, 5.74) is 5.30. The normalized spacial score (nSPS) is 11.0. The second kappa shape index (κ2) is 8.30. The van der Waals surface area contributed by atoms with Gasteiger partial charge in [0.15, 0.2) is 0 Å². The van der Waals surface area contributed by atoms with Crippen molar-refractivity contribution in [3.8, 4) is 5.69 Å². The van der Waals surface area contributed by atoms with Crippen molar-refractivity contribution >= 4 is 11.8 Å². The fourth-order valence-electron chi connectivity index (χ4n) is 2.70. The number of nitrogens with zero attached hydrogens (tertiary/aromatic N) is 1. The Labute approximate surface area is 133 Å². The number of hydrogen-bond donors (Lipinski definition) is 1. The van der Waals surface area contributed by atoms with E-state index in [-0.39, 0.29) is 0 Å². The molecule has 0 radical (unpaired) electrons. The van der Waals surface area contributed by atoms with Crippen molar-refractivity contribution in [2.45, 2.75) is 33.2 Å².